The second kappa shape index (κ2) is 7.66. The number of nitro groups is 1. The number of methoxy groups -OCH3 is 1. The summed E-state index contributed by atoms with van der Waals surface area (Å²) in [7, 11) is -3.60. The van der Waals surface area contributed by atoms with Gasteiger partial charge in [-0.3, -0.25) is 19.2 Å². The van der Waals surface area contributed by atoms with Crippen LogP contribution in [0.25, 0.3) is 0 Å². The molecular weight excluding hydrogens is 386 g/mol. The van der Waals surface area contributed by atoms with E-state index in [-0.39, 0.29) is 5.56 Å². The first-order valence-corrected chi connectivity index (χ1v) is 8.81. The number of hydrogen-bond donors (Lipinski definition) is 0. The third-order valence-electron chi connectivity index (χ3n) is 3.64. The Bertz CT molecular complexity index is 1010. The van der Waals surface area contributed by atoms with Gasteiger partial charge in [-0.15, -0.1) is 0 Å². The number of halogens is 2. The van der Waals surface area contributed by atoms with Crippen LogP contribution in [0.3, 0.4) is 0 Å². The first-order valence-electron chi connectivity index (χ1n) is 7.37. The molecule has 0 unspecified atom stereocenters. The number of esters is 1. The molecular formula is C16H14F2N2O6S. The van der Waals surface area contributed by atoms with Gasteiger partial charge in [0.25, 0.3) is 15.7 Å². The van der Waals surface area contributed by atoms with Crippen molar-refractivity contribution in [3.05, 3.63) is 63.7 Å². The Morgan fingerprint density at radius 1 is 1.22 bits per heavy atom. The largest absolute Gasteiger partial charge is 0.468 e. The minimum Gasteiger partial charge on any atom is -0.468 e. The molecule has 0 aliphatic rings. The maximum absolute atomic E-state index is 14.2. The van der Waals surface area contributed by atoms with Crippen molar-refractivity contribution in [2.75, 3.05) is 18.0 Å². The van der Waals surface area contributed by atoms with Crippen LogP contribution in [0.1, 0.15) is 5.56 Å². The summed E-state index contributed by atoms with van der Waals surface area (Å²) in [5, 5.41) is 11.1. The molecule has 0 heterocycles. The lowest BCUT2D eigenvalue weighted by Gasteiger charge is -2.23. The molecule has 2 aromatic rings. The van der Waals surface area contributed by atoms with E-state index in [0.717, 1.165) is 31.4 Å². The highest BCUT2D eigenvalue weighted by atomic mass is 32.2. The maximum Gasteiger partial charge on any atom is 0.326 e. The predicted molar refractivity (Wildman–Crippen MR) is 90.7 cm³/mol. The zero-order valence-corrected chi connectivity index (χ0v) is 15.0. The Morgan fingerprint density at radius 2 is 1.89 bits per heavy atom. The standard InChI is InChI=1S/C16H14F2N2O6S/c1-10-3-5-12(8-15(10)20(22)23)27(24,25)19(9-16(21)26-2)14-6-4-11(17)7-13(14)18/h3-8H,9H2,1-2H3. The minimum atomic E-state index is -4.60. The number of nitrogens with zero attached hydrogens (tertiary/aromatic N) is 2. The Kier molecular flexibility index (Phi) is 5.74. The number of benzene rings is 2. The number of nitro benzene ring substituents is 1. The number of carbonyl (C=O) groups is 1. The Balaban J connectivity index is 2.65. The number of carbonyl (C=O) groups excluding carboxylic acids is 1. The van der Waals surface area contributed by atoms with Crippen molar-refractivity contribution < 1.29 is 31.7 Å². The SMILES string of the molecule is COC(=O)CN(c1ccc(F)cc1F)S(=O)(=O)c1ccc(C)c([N+](=O)[O-])c1. The van der Waals surface area contributed by atoms with Gasteiger partial charge in [-0.25, -0.2) is 17.2 Å². The number of sulfonamides is 1. The summed E-state index contributed by atoms with van der Waals surface area (Å²) in [4.78, 5) is 21.4. The van der Waals surface area contributed by atoms with Crippen LogP contribution < -0.4 is 4.31 Å². The highest BCUT2D eigenvalue weighted by Crippen LogP contribution is 2.29. The van der Waals surface area contributed by atoms with Crippen LogP contribution in [0.4, 0.5) is 20.2 Å². The van der Waals surface area contributed by atoms with Crippen molar-refractivity contribution in [3.8, 4) is 0 Å². The quantitative estimate of drug-likeness (QED) is 0.419. The van der Waals surface area contributed by atoms with E-state index in [4.69, 9.17) is 0 Å². The first-order chi connectivity index (χ1) is 12.6. The number of rotatable bonds is 6. The molecule has 0 saturated heterocycles. The zero-order valence-electron chi connectivity index (χ0n) is 14.2. The number of hydrogen-bond acceptors (Lipinski definition) is 6. The molecule has 0 radical (unpaired) electrons. The van der Waals surface area contributed by atoms with E-state index in [1.54, 1.807) is 0 Å². The summed E-state index contributed by atoms with van der Waals surface area (Å²) in [5.41, 5.74) is -0.856. The minimum absolute atomic E-state index is 0.214. The van der Waals surface area contributed by atoms with Crippen LogP contribution in [0, 0.1) is 28.7 Å². The number of aryl methyl sites for hydroxylation is 1. The summed E-state index contributed by atoms with van der Waals surface area (Å²) in [6.07, 6.45) is 0. The van der Waals surface area contributed by atoms with Gasteiger partial charge in [0.05, 0.1) is 22.6 Å². The van der Waals surface area contributed by atoms with Gasteiger partial charge in [0.1, 0.15) is 18.2 Å². The third-order valence-corrected chi connectivity index (χ3v) is 5.40. The summed E-state index contributed by atoms with van der Waals surface area (Å²) >= 11 is 0. The van der Waals surface area contributed by atoms with E-state index >= 15 is 0 Å². The summed E-state index contributed by atoms with van der Waals surface area (Å²) < 4.78 is 58.0. The second-order valence-corrected chi connectivity index (χ2v) is 7.25. The highest BCUT2D eigenvalue weighted by molar-refractivity contribution is 7.92. The van der Waals surface area contributed by atoms with Gasteiger partial charge >= 0.3 is 5.97 Å². The molecule has 0 aliphatic carbocycles. The molecule has 0 aromatic heterocycles. The normalized spacial score (nSPS) is 11.1. The molecule has 2 aromatic carbocycles. The number of anilines is 1. The fraction of sp³-hybridized carbons (Fsp3) is 0.188. The van der Waals surface area contributed by atoms with Crippen molar-refractivity contribution in [1.29, 1.82) is 0 Å². The Labute approximate surface area is 153 Å². The predicted octanol–water partition coefficient (Wildman–Crippen LogP) is 2.55. The molecule has 0 saturated carbocycles. The Morgan fingerprint density at radius 3 is 2.44 bits per heavy atom. The molecule has 0 N–H and O–H groups in total. The van der Waals surface area contributed by atoms with Gasteiger partial charge in [0.2, 0.25) is 0 Å². The molecule has 8 nitrogen and oxygen atoms in total. The van der Waals surface area contributed by atoms with Crippen LogP contribution in [0.5, 0.6) is 0 Å². The van der Waals surface area contributed by atoms with Crippen LogP contribution in [-0.2, 0) is 19.6 Å². The topological polar surface area (TPSA) is 107 Å². The first kappa shape index (κ1) is 20.2. The molecule has 0 bridgehead atoms. The Hall–Kier alpha value is -3.08. The molecule has 0 amide bonds. The maximum atomic E-state index is 14.2. The third kappa shape index (κ3) is 4.19. The van der Waals surface area contributed by atoms with E-state index in [2.05, 4.69) is 4.74 Å². The van der Waals surface area contributed by atoms with Gasteiger partial charge in [-0.1, -0.05) is 6.07 Å². The van der Waals surface area contributed by atoms with Gasteiger partial charge in [0.15, 0.2) is 0 Å². The van der Waals surface area contributed by atoms with Crippen LogP contribution in [-0.4, -0.2) is 33.0 Å². The smallest absolute Gasteiger partial charge is 0.326 e. The summed E-state index contributed by atoms with van der Waals surface area (Å²) in [6, 6.07) is 5.21. The van der Waals surface area contributed by atoms with E-state index < -0.39 is 55.4 Å². The molecule has 2 rings (SSSR count). The van der Waals surface area contributed by atoms with Gasteiger partial charge in [-0.2, -0.15) is 0 Å². The van der Waals surface area contributed by atoms with E-state index in [9.17, 15) is 32.1 Å². The molecule has 0 atom stereocenters. The van der Waals surface area contributed by atoms with Gasteiger partial charge in [0, 0.05) is 17.7 Å². The molecule has 27 heavy (non-hydrogen) atoms. The average Bonchev–Trinajstić information content (AvgIpc) is 2.59. The average molecular weight is 400 g/mol. The van der Waals surface area contributed by atoms with Crippen molar-refractivity contribution in [2.45, 2.75) is 11.8 Å². The molecule has 11 heteroatoms. The van der Waals surface area contributed by atoms with Crippen molar-refractivity contribution in [1.82, 2.24) is 0 Å². The second-order valence-electron chi connectivity index (χ2n) is 5.39. The van der Waals surface area contributed by atoms with Gasteiger partial charge in [-0.05, 0) is 25.1 Å². The molecule has 0 spiro atoms. The van der Waals surface area contributed by atoms with Crippen molar-refractivity contribution in [3.63, 3.8) is 0 Å². The van der Waals surface area contributed by atoms with E-state index in [1.807, 2.05) is 0 Å². The van der Waals surface area contributed by atoms with Crippen LogP contribution >= 0.6 is 0 Å². The van der Waals surface area contributed by atoms with Crippen LogP contribution in [0.2, 0.25) is 0 Å². The molecule has 144 valence electrons. The zero-order chi connectivity index (χ0) is 20.4. The lowest BCUT2D eigenvalue weighted by Crippen LogP contribution is -2.37. The lowest BCUT2D eigenvalue weighted by atomic mass is 10.2. The van der Waals surface area contributed by atoms with Crippen molar-refractivity contribution in [2.24, 2.45) is 0 Å². The highest BCUT2D eigenvalue weighted by Gasteiger charge is 2.31. The van der Waals surface area contributed by atoms with Crippen molar-refractivity contribution >= 4 is 27.4 Å². The van der Waals surface area contributed by atoms with E-state index in [0.29, 0.717) is 10.4 Å². The lowest BCUT2D eigenvalue weighted by molar-refractivity contribution is -0.385. The summed E-state index contributed by atoms with van der Waals surface area (Å²) in [6.45, 7) is 0.503. The fourth-order valence-electron chi connectivity index (χ4n) is 2.24. The summed E-state index contributed by atoms with van der Waals surface area (Å²) in [5.74, 6) is -3.19. The van der Waals surface area contributed by atoms with Gasteiger partial charge < -0.3 is 4.74 Å². The monoisotopic (exact) mass is 400 g/mol. The molecule has 0 aliphatic heterocycles. The number of ether oxygens (including phenoxy) is 1. The fourth-order valence-corrected chi connectivity index (χ4v) is 3.68. The van der Waals surface area contributed by atoms with E-state index in [1.165, 1.54) is 13.0 Å². The molecule has 0 fully saturated rings. The van der Waals surface area contributed by atoms with Crippen LogP contribution in [0.15, 0.2) is 41.3 Å².